The number of ketones is 1. The number of aromatic nitrogens is 6. The molecule has 84 valence electrons. The highest BCUT2D eigenvalue weighted by atomic mass is 16.1. The maximum Gasteiger partial charge on any atom is 0.188 e. The van der Waals surface area contributed by atoms with Gasteiger partial charge < -0.3 is 0 Å². The molecule has 2 aromatic rings. The number of rotatable bonds is 3. The Kier molecular flexibility index (Phi) is 2.51. The average molecular weight is 220 g/mol. The molecule has 0 unspecified atom stereocenters. The number of hydrogen-bond acceptors (Lipinski definition) is 5. The molecule has 0 aliphatic heterocycles. The van der Waals surface area contributed by atoms with Gasteiger partial charge in [-0.1, -0.05) is 0 Å². The van der Waals surface area contributed by atoms with Crippen LogP contribution in [0.1, 0.15) is 22.0 Å². The molecule has 0 atom stereocenters. The van der Waals surface area contributed by atoms with Crippen molar-refractivity contribution in [2.75, 3.05) is 0 Å². The van der Waals surface area contributed by atoms with Crippen LogP contribution in [0, 0.1) is 6.92 Å². The fraction of sp³-hybridized carbons (Fsp3) is 0.444. The first-order chi connectivity index (χ1) is 7.56. The molecule has 0 saturated carbocycles. The van der Waals surface area contributed by atoms with E-state index in [9.17, 15) is 4.79 Å². The highest BCUT2D eigenvalue weighted by molar-refractivity contribution is 5.95. The summed E-state index contributed by atoms with van der Waals surface area (Å²) in [6, 6.07) is 1.75. The maximum atomic E-state index is 11.9. The Bertz CT molecular complexity index is 526. The molecule has 7 nitrogen and oxygen atoms in total. The van der Waals surface area contributed by atoms with Gasteiger partial charge >= 0.3 is 0 Å². The molecule has 0 aromatic carbocycles. The molecule has 7 heteroatoms. The third-order valence-electron chi connectivity index (χ3n) is 2.16. The summed E-state index contributed by atoms with van der Waals surface area (Å²) in [5.74, 6) is 0.363. The first-order valence-electron chi connectivity index (χ1n) is 4.83. The third kappa shape index (κ3) is 1.97. The summed E-state index contributed by atoms with van der Waals surface area (Å²) >= 11 is 0. The summed E-state index contributed by atoms with van der Waals surface area (Å²) in [4.78, 5) is 13.2. The number of aryl methyl sites for hydroxylation is 3. The van der Waals surface area contributed by atoms with Crippen LogP contribution in [0.4, 0.5) is 0 Å². The average Bonchev–Trinajstić information content (AvgIpc) is 2.73. The smallest absolute Gasteiger partial charge is 0.188 e. The molecule has 0 saturated heterocycles. The Labute approximate surface area is 92.1 Å². The number of carbonyl (C=O) groups is 1. The minimum absolute atomic E-state index is 0.0592. The SMILES string of the molecule is Cc1cc(C(=O)Cc2nnn(C)n2)n(C)n1. The van der Waals surface area contributed by atoms with Crippen molar-refractivity contribution in [3.63, 3.8) is 0 Å². The zero-order valence-corrected chi connectivity index (χ0v) is 9.38. The first-order valence-corrected chi connectivity index (χ1v) is 4.83. The third-order valence-corrected chi connectivity index (χ3v) is 2.16. The Morgan fingerprint density at radius 1 is 1.38 bits per heavy atom. The van der Waals surface area contributed by atoms with Gasteiger partial charge in [-0.05, 0) is 18.2 Å². The second-order valence-corrected chi connectivity index (χ2v) is 3.59. The highest BCUT2D eigenvalue weighted by Gasteiger charge is 2.14. The lowest BCUT2D eigenvalue weighted by molar-refractivity contribution is 0.0981. The molecule has 0 bridgehead atoms. The molecule has 0 spiro atoms. The van der Waals surface area contributed by atoms with Crippen LogP contribution in [0.5, 0.6) is 0 Å². The van der Waals surface area contributed by atoms with Crippen molar-refractivity contribution in [1.82, 2.24) is 30.0 Å². The van der Waals surface area contributed by atoms with E-state index in [1.807, 2.05) is 6.92 Å². The monoisotopic (exact) mass is 220 g/mol. The lowest BCUT2D eigenvalue weighted by Gasteiger charge is -1.97. The summed E-state index contributed by atoms with van der Waals surface area (Å²) in [5.41, 5.74) is 1.38. The van der Waals surface area contributed by atoms with Crippen molar-refractivity contribution in [2.45, 2.75) is 13.3 Å². The van der Waals surface area contributed by atoms with Crippen molar-refractivity contribution >= 4 is 5.78 Å². The van der Waals surface area contributed by atoms with E-state index in [-0.39, 0.29) is 12.2 Å². The number of hydrogen-bond donors (Lipinski definition) is 0. The molecule has 0 aliphatic carbocycles. The van der Waals surface area contributed by atoms with Gasteiger partial charge in [0, 0.05) is 7.05 Å². The van der Waals surface area contributed by atoms with Crippen molar-refractivity contribution in [3.05, 3.63) is 23.3 Å². The predicted octanol–water partition coefficient (Wildman–Crippen LogP) is -0.323. The Balaban J connectivity index is 2.17. The van der Waals surface area contributed by atoms with E-state index in [0.717, 1.165) is 5.69 Å². The van der Waals surface area contributed by atoms with E-state index in [1.54, 1.807) is 24.8 Å². The number of nitrogens with zero attached hydrogens (tertiary/aromatic N) is 6. The van der Waals surface area contributed by atoms with Crippen LogP contribution < -0.4 is 0 Å². The van der Waals surface area contributed by atoms with Gasteiger partial charge in [0.1, 0.15) is 5.69 Å². The van der Waals surface area contributed by atoms with Gasteiger partial charge in [-0.2, -0.15) is 9.90 Å². The minimum atomic E-state index is -0.0592. The quantitative estimate of drug-likeness (QED) is 0.662. The molecule has 2 rings (SSSR count). The first kappa shape index (κ1) is 10.5. The minimum Gasteiger partial charge on any atom is -0.292 e. The molecule has 0 fully saturated rings. The van der Waals surface area contributed by atoms with Crippen LogP contribution in [0.2, 0.25) is 0 Å². The Morgan fingerprint density at radius 2 is 2.12 bits per heavy atom. The molecular weight excluding hydrogens is 208 g/mol. The van der Waals surface area contributed by atoms with Gasteiger partial charge in [-0.15, -0.1) is 10.2 Å². The van der Waals surface area contributed by atoms with Gasteiger partial charge in [0.2, 0.25) is 0 Å². The van der Waals surface area contributed by atoms with Gasteiger partial charge in [0.05, 0.1) is 19.2 Å². The molecule has 0 aliphatic rings. The van der Waals surface area contributed by atoms with Gasteiger partial charge in [0.25, 0.3) is 0 Å². The Hall–Kier alpha value is -2.05. The number of Topliss-reactive ketones (excluding diaryl/α,β-unsaturated/α-hetero) is 1. The number of tetrazole rings is 1. The largest absolute Gasteiger partial charge is 0.292 e. The van der Waals surface area contributed by atoms with Crippen molar-refractivity contribution in [2.24, 2.45) is 14.1 Å². The maximum absolute atomic E-state index is 11.9. The molecule has 0 radical (unpaired) electrons. The lowest BCUT2D eigenvalue weighted by Crippen LogP contribution is -2.10. The number of carbonyl (C=O) groups excluding carboxylic acids is 1. The van der Waals surface area contributed by atoms with E-state index < -0.39 is 0 Å². The van der Waals surface area contributed by atoms with E-state index >= 15 is 0 Å². The molecule has 2 aromatic heterocycles. The van der Waals surface area contributed by atoms with Gasteiger partial charge in [-0.3, -0.25) is 9.48 Å². The summed E-state index contributed by atoms with van der Waals surface area (Å²) < 4.78 is 1.56. The zero-order valence-electron chi connectivity index (χ0n) is 9.38. The van der Waals surface area contributed by atoms with Gasteiger partial charge in [-0.25, -0.2) is 0 Å². The molecule has 0 amide bonds. The van der Waals surface area contributed by atoms with E-state index in [0.29, 0.717) is 11.5 Å². The molecule has 2 heterocycles. The van der Waals surface area contributed by atoms with Crippen LogP contribution in [-0.4, -0.2) is 35.8 Å². The normalized spacial score (nSPS) is 10.7. The molecular formula is C9H12N6O. The highest BCUT2D eigenvalue weighted by Crippen LogP contribution is 2.05. The summed E-state index contributed by atoms with van der Waals surface area (Å²) in [6.45, 7) is 1.84. The van der Waals surface area contributed by atoms with E-state index in [2.05, 4.69) is 20.5 Å². The van der Waals surface area contributed by atoms with Crippen molar-refractivity contribution in [1.29, 1.82) is 0 Å². The second-order valence-electron chi connectivity index (χ2n) is 3.59. The van der Waals surface area contributed by atoms with Crippen LogP contribution in [-0.2, 0) is 20.5 Å². The van der Waals surface area contributed by atoms with Crippen LogP contribution in [0.15, 0.2) is 6.07 Å². The van der Waals surface area contributed by atoms with Crippen molar-refractivity contribution < 1.29 is 4.79 Å². The van der Waals surface area contributed by atoms with Crippen LogP contribution in [0.25, 0.3) is 0 Å². The zero-order chi connectivity index (χ0) is 11.7. The predicted molar refractivity (Wildman–Crippen MR) is 54.8 cm³/mol. The van der Waals surface area contributed by atoms with Crippen LogP contribution in [0.3, 0.4) is 0 Å². The van der Waals surface area contributed by atoms with Gasteiger partial charge in [0.15, 0.2) is 11.6 Å². The Morgan fingerprint density at radius 3 is 2.62 bits per heavy atom. The van der Waals surface area contributed by atoms with E-state index in [4.69, 9.17) is 0 Å². The summed E-state index contributed by atoms with van der Waals surface area (Å²) in [6.07, 6.45) is 0.146. The lowest BCUT2D eigenvalue weighted by atomic mass is 10.2. The van der Waals surface area contributed by atoms with Crippen molar-refractivity contribution in [3.8, 4) is 0 Å². The second kappa shape index (κ2) is 3.84. The fourth-order valence-electron chi connectivity index (χ4n) is 1.50. The summed E-state index contributed by atoms with van der Waals surface area (Å²) in [7, 11) is 3.40. The standard InChI is InChI=1S/C9H12N6O/c1-6-4-7(14(2)11-6)8(16)5-9-10-13-15(3)12-9/h4H,5H2,1-3H3. The van der Waals surface area contributed by atoms with Crippen LogP contribution >= 0.6 is 0 Å². The summed E-state index contributed by atoms with van der Waals surface area (Å²) in [5, 5.41) is 15.5. The molecule has 0 N–H and O–H groups in total. The van der Waals surface area contributed by atoms with E-state index in [1.165, 1.54) is 4.80 Å². The fourth-order valence-corrected chi connectivity index (χ4v) is 1.50. The molecule has 16 heavy (non-hydrogen) atoms. The topological polar surface area (TPSA) is 78.5 Å².